The van der Waals surface area contributed by atoms with E-state index in [1.54, 1.807) is 11.3 Å². The molecule has 0 fully saturated rings. The summed E-state index contributed by atoms with van der Waals surface area (Å²) in [5.41, 5.74) is 2.16. The molecule has 84 valence electrons. The van der Waals surface area contributed by atoms with Crippen LogP contribution in [0.5, 0.6) is 5.75 Å². The van der Waals surface area contributed by atoms with Crippen LogP contribution in [0.1, 0.15) is 12.6 Å². The van der Waals surface area contributed by atoms with Gasteiger partial charge in [-0.1, -0.05) is 0 Å². The second-order valence-corrected chi connectivity index (χ2v) is 5.65. The topological polar surface area (TPSA) is 22.1 Å². The Bertz CT molecular complexity index is 459. The van der Waals surface area contributed by atoms with Crippen LogP contribution in [0.2, 0.25) is 0 Å². The van der Waals surface area contributed by atoms with Crippen LogP contribution in [0.15, 0.2) is 28.1 Å². The Morgan fingerprint density at radius 2 is 2.00 bits per heavy atom. The summed E-state index contributed by atoms with van der Waals surface area (Å²) in [4.78, 5) is 4.49. The minimum absolute atomic E-state index is 0.696. The van der Waals surface area contributed by atoms with Crippen LogP contribution in [0.25, 0.3) is 10.6 Å². The van der Waals surface area contributed by atoms with Crippen molar-refractivity contribution < 1.29 is 4.74 Å². The maximum Gasteiger partial charge on any atom is 0.124 e. The highest BCUT2D eigenvalue weighted by molar-refractivity contribution is 9.11. The van der Waals surface area contributed by atoms with E-state index in [1.807, 2.05) is 38.1 Å². The lowest BCUT2D eigenvalue weighted by atomic mass is 10.2. The van der Waals surface area contributed by atoms with E-state index in [0.29, 0.717) is 6.61 Å². The summed E-state index contributed by atoms with van der Waals surface area (Å²) in [7, 11) is 0. The zero-order chi connectivity index (χ0) is 11.5. The van der Waals surface area contributed by atoms with Crippen molar-refractivity contribution in [3.05, 3.63) is 33.7 Å². The van der Waals surface area contributed by atoms with Gasteiger partial charge in [0, 0.05) is 5.56 Å². The highest BCUT2D eigenvalue weighted by Gasteiger charge is 2.06. The second-order valence-electron chi connectivity index (χ2n) is 3.34. The van der Waals surface area contributed by atoms with Crippen molar-refractivity contribution in [2.24, 2.45) is 0 Å². The van der Waals surface area contributed by atoms with E-state index in [1.165, 1.54) is 0 Å². The largest absolute Gasteiger partial charge is 0.494 e. The molecule has 2 nitrogen and oxygen atoms in total. The highest BCUT2D eigenvalue weighted by Crippen LogP contribution is 2.32. The van der Waals surface area contributed by atoms with Crippen LogP contribution in [0.4, 0.5) is 0 Å². The molecule has 0 radical (unpaired) electrons. The molecule has 1 aromatic carbocycles. The molecule has 0 atom stereocenters. The summed E-state index contributed by atoms with van der Waals surface area (Å²) >= 11 is 5.14. The third-order valence-electron chi connectivity index (χ3n) is 2.15. The van der Waals surface area contributed by atoms with Crippen molar-refractivity contribution >= 4 is 27.3 Å². The molecule has 2 rings (SSSR count). The van der Waals surface area contributed by atoms with Gasteiger partial charge in [-0.2, -0.15) is 0 Å². The number of aryl methyl sites for hydroxylation is 1. The lowest BCUT2D eigenvalue weighted by molar-refractivity contribution is 0.340. The summed E-state index contributed by atoms with van der Waals surface area (Å²) < 4.78 is 6.49. The Kier molecular flexibility index (Phi) is 3.61. The van der Waals surface area contributed by atoms with Crippen LogP contribution in [0.3, 0.4) is 0 Å². The smallest absolute Gasteiger partial charge is 0.124 e. The number of halogens is 1. The molecule has 2 aromatic rings. The zero-order valence-corrected chi connectivity index (χ0v) is 11.6. The summed E-state index contributed by atoms with van der Waals surface area (Å²) in [5.74, 6) is 0.901. The number of nitrogens with zero attached hydrogens (tertiary/aromatic N) is 1. The van der Waals surface area contributed by atoms with Crippen LogP contribution in [-0.4, -0.2) is 11.6 Å². The van der Waals surface area contributed by atoms with E-state index in [0.717, 1.165) is 25.8 Å². The molecule has 16 heavy (non-hydrogen) atoms. The van der Waals surface area contributed by atoms with Crippen LogP contribution < -0.4 is 4.74 Å². The molecule has 0 unspecified atom stereocenters. The number of hydrogen-bond donors (Lipinski definition) is 0. The molecule has 1 aromatic heterocycles. The molecule has 0 amide bonds. The maximum atomic E-state index is 5.40. The molecule has 0 aliphatic rings. The van der Waals surface area contributed by atoms with Crippen LogP contribution in [-0.2, 0) is 0 Å². The number of ether oxygens (including phenoxy) is 1. The van der Waals surface area contributed by atoms with Gasteiger partial charge in [0.05, 0.1) is 16.1 Å². The normalized spacial score (nSPS) is 10.4. The fraction of sp³-hybridized carbons (Fsp3) is 0.250. The molecule has 0 N–H and O–H groups in total. The maximum absolute atomic E-state index is 5.40. The average molecular weight is 298 g/mol. The third-order valence-corrected chi connectivity index (χ3v) is 4.21. The quantitative estimate of drug-likeness (QED) is 0.843. The third kappa shape index (κ3) is 2.44. The van der Waals surface area contributed by atoms with Gasteiger partial charge < -0.3 is 4.74 Å². The molecule has 1 heterocycles. The first-order chi connectivity index (χ1) is 7.70. The molecular formula is C12H12BrNOS. The molecule has 0 saturated carbocycles. The van der Waals surface area contributed by atoms with E-state index in [9.17, 15) is 0 Å². The Morgan fingerprint density at radius 3 is 2.50 bits per heavy atom. The second kappa shape index (κ2) is 4.97. The van der Waals surface area contributed by atoms with Gasteiger partial charge in [0.15, 0.2) is 0 Å². The highest BCUT2D eigenvalue weighted by atomic mass is 79.9. The first kappa shape index (κ1) is 11.6. The minimum Gasteiger partial charge on any atom is -0.494 e. The van der Waals surface area contributed by atoms with Crippen molar-refractivity contribution in [1.82, 2.24) is 4.98 Å². The van der Waals surface area contributed by atoms with Gasteiger partial charge in [0.1, 0.15) is 10.8 Å². The van der Waals surface area contributed by atoms with Crippen molar-refractivity contribution in [2.75, 3.05) is 6.61 Å². The summed E-state index contributed by atoms with van der Waals surface area (Å²) in [6, 6.07) is 8.03. The van der Waals surface area contributed by atoms with Crippen LogP contribution in [0, 0.1) is 6.92 Å². The Balaban J connectivity index is 2.27. The number of benzene rings is 1. The van der Waals surface area contributed by atoms with E-state index in [2.05, 4.69) is 20.9 Å². The lowest BCUT2D eigenvalue weighted by Crippen LogP contribution is -1.90. The number of hydrogen-bond acceptors (Lipinski definition) is 3. The fourth-order valence-corrected chi connectivity index (χ4v) is 2.71. The van der Waals surface area contributed by atoms with Crippen molar-refractivity contribution in [3.63, 3.8) is 0 Å². The molecule has 0 spiro atoms. The van der Waals surface area contributed by atoms with Gasteiger partial charge in [0.2, 0.25) is 0 Å². The van der Waals surface area contributed by atoms with Gasteiger partial charge in [-0.3, -0.25) is 0 Å². The predicted octanol–water partition coefficient (Wildman–Crippen LogP) is 4.28. The van der Waals surface area contributed by atoms with Crippen molar-refractivity contribution in [2.45, 2.75) is 13.8 Å². The number of rotatable bonds is 3. The SMILES string of the molecule is CCOc1ccc(-c2nc(C)c(Br)s2)cc1. The molecule has 0 bridgehead atoms. The number of thiazole rings is 1. The first-order valence-electron chi connectivity index (χ1n) is 5.07. The van der Waals surface area contributed by atoms with Gasteiger partial charge in [0.25, 0.3) is 0 Å². The first-order valence-corrected chi connectivity index (χ1v) is 6.68. The fourth-order valence-electron chi connectivity index (χ4n) is 1.36. The van der Waals surface area contributed by atoms with E-state index in [4.69, 9.17) is 4.74 Å². The van der Waals surface area contributed by atoms with E-state index >= 15 is 0 Å². The number of aromatic nitrogens is 1. The average Bonchev–Trinajstić information content (AvgIpc) is 2.61. The Hall–Kier alpha value is -0.870. The van der Waals surface area contributed by atoms with E-state index < -0.39 is 0 Å². The van der Waals surface area contributed by atoms with Crippen molar-refractivity contribution in [1.29, 1.82) is 0 Å². The van der Waals surface area contributed by atoms with Gasteiger partial charge >= 0.3 is 0 Å². The monoisotopic (exact) mass is 297 g/mol. The van der Waals surface area contributed by atoms with Crippen molar-refractivity contribution in [3.8, 4) is 16.3 Å². The van der Waals surface area contributed by atoms with E-state index in [-0.39, 0.29) is 0 Å². The van der Waals surface area contributed by atoms with Gasteiger partial charge in [-0.25, -0.2) is 4.98 Å². The standard InChI is InChI=1S/C12H12BrNOS/c1-3-15-10-6-4-9(5-7-10)12-14-8(2)11(13)16-12/h4-7H,3H2,1-2H3. The molecule has 0 aliphatic carbocycles. The van der Waals surface area contributed by atoms with Gasteiger partial charge in [-0.05, 0) is 54.0 Å². The molecular weight excluding hydrogens is 286 g/mol. The Morgan fingerprint density at radius 1 is 1.31 bits per heavy atom. The predicted molar refractivity (Wildman–Crippen MR) is 71.2 cm³/mol. The summed E-state index contributed by atoms with van der Waals surface area (Å²) in [6.45, 7) is 4.68. The zero-order valence-electron chi connectivity index (χ0n) is 9.16. The Labute approximate surface area is 107 Å². The summed E-state index contributed by atoms with van der Waals surface area (Å²) in [6.07, 6.45) is 0. The minimum atomic E-state index is 0.696. The molecule has 0 aliphatic heterocycles. The summed E-state index contributed by atoms with van der Waals surface area (Å²) in [5, 5.41) is 1.03. The lowest BCUT2D eigenvalue weighted by Gasteiger charge is -2.02. The molecule has 4 heteroatoms. The van der Waals surface area contributed by atoms with Gasteiger partial charge in [-0.15, -0.1) is 11.3 Å². The van der Waals surface area contributed by atoms with Crippen LogP contribution >= 0.6 is 27.3 Å². The molecule has 0 saturated heterocycles.